The van der Waals surface area contributed by atoms with Crippen molar-refractivity contribution in [3.63, 3.8) is 0 Å². The van der Waals surface area contributed by atoms with Crippen molar-refractivity contribution in [1.82, 2.24) is 15.0 Å². The Morgan fingerprint density at radius 2 is 1.83 bits per heavy atom. The van der Waals surface area contributed by atoms with Crippen molar-refractivity contribution in [2.75, 3.05) is 4.72 Å². The summed E-state index contributed by atoms with van der Waals surface area (Å²) in [7, 11) is -1.16. The van der Waals surface area contributed by atoms with E-state index in [9.17, 15) is 9.00 Å². The van der Waals surface area contributed by atoms with Crippen LogP contribution in [0.5, 0.6) is 0 Å². The summed E-state index contributed by atoms with van der Waals surface area (Å²) in [5.74, 6) is 0.661. The lowest BCUT2D eigenvalue weighted by Crippen LogP contribution is -2.14. The SMILES string of the molecule is CC(=O)c1c(C)[nH]c(-c2nc3ccc(NS(=O)C(C)C)cc3[nH]2)c1-c1ccccc1. The number of hydrogen-bond acceptors (Lipinski definition) is 3. The van der Waals surface area contributed by atoms with Gasteiger partial charge >= 0.3 is 0 Å². The summed E-state index contributed by atoms with van der Waals surface area (Å²) in [5.41, 5.74) is 6.45. The summed E-state index contributed by atoms with van der Waals surface area (Å²) in [6, 6.07) is 15.5. The standard InChI is InChI=1S/C23H24N4O2S/c1-13(2)30(29)27-17-10-11-18-19(12-17)26-23(25-18)22-21(16-8-6-5-7-9-16)20(15(4)28)14(3)24-22/h5-13,24,27H,1-4H3,(H,25,26). The van der Waals surface area contributed by atoms with Gasteiger partial charge in [-0.2, -0.15) is 0 Å². The normalized spacial score (nSPS) is 12.4. The number of Topliss-reactive ketones (excluding diaryl/α,β-unsaturated/α-hetero) is 1. The Bertz CT molecular complexity index is 1260. The van der Waals surface area contributed by atoms with Gasteiger partial charge in [-0.3, -0.25) is 4.79 Å². The lowest BCUT2D eigenvalue weighted by molar-refractivity contribution is 0.101. The lowest BCUT2D eigenvalue weighted by atomic mass is 9.98. The van der Waals surface area contributed by atoms with Crippen molar-refractivity contribution < 1.29 is 9.00 Å². The zero-order chi connectivity index (χ0) is 21.4. The van der Waals surface area contributed by atoms with Gasteiger partial charge in [0.15, 0.2) is 11.6 Å². The number of aromatic amines is 2. The van der Waals surface area contributed by atoms with Crippen LogP contribution in [0.4, 0.5) is 5.69 Å². The molecule has 1 atom stereocenters. The Kier molecular flexibility index (Phi) is 5.30. The molecule has 0 radical (unpaired) electrons. The number of ketones is 1. The maximum absolute atomic E-state index is 12.4. The summed E-state index contributed by atoms with van der Waals surface area (Å²) in [4.78, 5) is 23.8. The zero-order valence-electron chi connectivity index (χ0n) is 17.4. The van der Waals surface area contributed by atoms with Crippen LogP contribution in [0.3, 0.4) is 0 Å². The van der Waals surface area contributed by atoms with Crippen LogP contribution in [0.2, 0.25) is 0 Å². The van der Waals surface area contributed by atoms with Crippen molar-refractivity contribution in [2.45, 2.75) is 32.9 Å². The number of aryl methyl sites for hydroxylation is 1. The smallest absolute Gasteiger partial charge is 0.162 e. The first kappa shape index (κ1) is 20.1. The second kappa shape index (κ2) is 7.91. The van der Waals surface area contributed by atoms with E-state index in [1.54, 1.807) is 6.92 Å². The Morgan fingerprint density at radius 1 is 1.10 bits per heavy atom. The molecule has 2 aromatic heterocycles. The number of imidazole rings is 1. The topological polar surface area (TPSA) is 90.6 Å². The highest BCUT2D eigenvalue weighted by molar-refractivity contribution is 7.86. The second-order valence-electron chi connectivity index (χ2n) is 7.56. The van der Waals surface area contributed by atoms with Gasteiger partial charge in [0.1, 0.15) is 11.0 Å². The van der Waals surface area contributed by atoms with Gasteiger partial charge in [0.2, 0.25) is 0 Å². The molecule has 7 heteroatoms. The molecule has 4 rings (SSSR count). The molecule has 0 saturated heterocycles. The molecule has 0 spiro atoms. The summed E-state index contributed by atoms with van der Waals surface area (Å²) in [6.07, 6.45) is 0. The number of hydrogen-bond donors (Lipinski definition) is 3. The minimum absolute atomic E-state index is 0.00705. The summed E-state index contributed by atoms with van der Waals surface area (Å²) in [6.45, 7) is 7.29. The maximum Gasteiger partial charge on any atom is 0.162 e. The van der Waals surface area contributed by atoms with Gasteiger partial charge in [0.05, 0.1) is 16.7 Å². The third-order valence-corrected chi connectivity index (χ3v) is 6.26. The van der Waals surface area contributed by atoms with E-state index >= 15 is 0 Å². The number of fused-ring (bicyclic) bond motifs is 1. The van der Waals surface area contributed by atoms with Crippen molar-refractivity contribution in [1.29, 1.82) is 0 Å². The van der Waals surface area contributed by atoms with Gasteiger partial charge in [-0.25, -0.2) is 9.19 Å². The number of aromatic nitrogens is 3. The average molecular weight is 421 g/mol. The zero-order valence-corrected chi connectivity index (χ0v) is 18.2. The first-order valence-electron chi connectivity index (χ1n) is 9.81. The van der Waals surface area contributed by atoms with Gasteiger partial charge in [0.25, 0.3) is 0 Å². The molecule has 6 nitrogen and oxygen atoms in total. The van der Waals surface area contributed by atoms with E-state index in [2.05, 4.69) is 14.7 Å². The highest BCUT2D eigenvalue weighted by Gasteiger charge is 2.22. The first-order chi connectivity index (χ1) is 14.3. The third kappa shape index (κ3) is 3.68. The Hall–Kier alpha value is -3.19. The van der Waals surface area contributed by atoms with Gasteiger partial charge in [-0.05, 0) is 51.5 Å². The van der Waals surface area contributed by atoms with Crippen LogP contribution in [0.1, 0.15) is 36.8 Å². The number of benzene rings is 2. The van der Waals surface area contributed by atoms with E-state index in [4.69, 9.17) is 4.98 Å². The van der Waals surface area contributed by atoms with E-state index in [-0.39, 0.29) is 11.0 Å². The quantitative estimate of drug-likeness (QED) is 0.374. The number of rotatable bonds is 6. The molecule has 30 heavy (non-hydrogen) atoms. The number of carbonyl (C=O) groups is 1. The van der Waals surface area contributed by atoms with E-state index in [0.717, 1.165) is 39.2 Å². The fourth-order valence-electron chi connectivity index (χ4n) is 3.56. The molecule has 0 aliphatic carbocycles. The molecule has 0 amide bonds. The molecule has 1 unspecified atom stereocenters. The van der Waals surface area contributed by atoms with Crippen LogP contribution in [-0.4, -0.2) is 30.2 Å². The molecule has 2 heterocycles. The molecule has 0 bridgehead atoms. The van der Waals surface area contributed by atoms with Crippen LogP contribution < -0.4 is 4.72 Å². The van der Waals surface area contributed by atoms with Crippen molar-refractivity contribution >= 4 is 33.5 Å². The van der Waals surface area contributed by atoms with Crippen LogP contribution in [0.15, 0.2) is 48.5 Å². The maximum atomic E-state index is 12.4. The molecule has 0 saturated carbocycles. The van der Waals surface area contributed by atoms with Gasteiger partial charge in [-0.15, -0.1) is 0 Å². The average Bonchev–Trinajstić information content (AvgIpc) is 3.28. The first-order valence-corrected chi connectivity index (χ1v) is 11.0. The molecule has 154 valence electrons. The number of anilines is 1. The second-order valence-corrected chi connectivity index (χ2v) is 9.30. The minimum Gasteiger partial charge on any atom is -0.355 e. The monoisotopic (exact) mass is 420 g/mol. The highest BCUT2D eigenvalue weighted by Crippen LogP contribution is 2.36. The summed E-state index contributed by atoms with van der Waals surface area (Å²) >= 11 is 0. The van der Waals surface area contributed by atoms with Crippen LogP contribution in [0.25, 0.3) is 33.7 Å². The number of nitrogens with zero attached hydrogens (tertiary/aromatic N) is 1. The number of H-pyrrole nitrogens is 2. The molecule has 2 aromatic carbocycles. The summed E-state index contributed by atoms with van der Waals surface area (Å²) < 4.78 is 15.1. The van der Waals surface area contributed by atoms with E-state index in [0.29, 0.717) is 11.4 Å². The molecule has 0 fully saturated rings. The highest BCUT2D eigenvalue weighted by atomic mass is 32.2. The van der Waals surface area contributed by atoms with E-state index < -0.39 is 11.0 Å². The van der Waals surface area contributed by atoms with E-state index in [1.165, 1.54) is 0 Å². The van der Waals surface area contributed by atoms with Gasteiger partial charge in [-0.1, -0.05) is 30.3 Å². The molecule has 0 aliphatic heterocycles. The number of carbonyl (C=O) groups excluding carboxylic acids is 1. The van der Waals surface area contributed by atoms with Gasteiger partial charge in [0, 0.05) is 27.8 Å². The lowest BCUT2D eigenvalue weighted by Gasteiger charge is -2.08. The van der Waals surface area contributed by atoms with Gasteiger partial charge < -0.3 is 14.7 Å². The van der Waals surface area contributed by atoms with Crippen LogP contribution in [-0.2, 0) is 11.0 Å². The molecular formula is C23H24N4O2S. The number of nitrogens with one attached hydrogen (secondary N) is 3. The van der Waals surface area contributed by atoms with E-state index in [1.807, 2.05) is 69.3 Å². The van der Waals surface area contributed by atoms with Crippen LogP contribution >= 0.6 is 0 Å². The third-order valence-electron chi connectivity index (χ3n) is 4.97. The molecule has 4 aromatic rings. The fourth-order valence-corrected chi connectivity index (χ4v) is 4.16. The molecule has 0 aliphatic rings. The van der Waals surface area contributed by atoms with Crippen molar-refractivity contribution in [2.24, 2.45) is 0 Å². The van der Waals surface area contributed by atoms with Crippen molar-refractivity contribution in [3.8, 4) is 22.6 Å². The minimum atomic E-state index is -1.16. The Labute approximate surface area is 177 Å². The Balaban J connectivity index is 1.83. The van der Waals surface area contributed by atoms with Crippen molar-refractivity contribution in [3.05, 3.63) is 59.8 Å². The predicted octanol–water partition coefficient (Wildman–Crippen LogP) is 5.22. The van der Waals surface area contributed by atoms with Crippen LogP contribution in [0, 0.1) is 6.92 Å². The molecule has 3 N–H and O–H groups in total. The molecular weight excluding hydrogens is 396 g/mol. The summed E-state index contributed by atoms with van der Waals surface area (Å²) in [5, 5.41) is 0.0124. The Morgan fingerprint density at radius 3 is 2.50 bits per heavy atom. The largest absolute Gasteiger partial charge is 0.355 e. The predicted molar refractivity (Wildman–Crippen MR) is 123 cm³/mol. The fraction of sp³-hybridized carbons (Fsp3) is 0.217.